The lowest BCUT2D eigenvalue weighted by Crippen LogP contribution is -2.54. The molecule has 1 amide bonds. The second-order valence-electron chi connectivity index (χ2n) is 9.50. The Labute approximate surface area is 219 Å². The lowest BCUT2D eigenvalue weighted by molar-refractivity contribution is -0.0533. The van der Waals surface area contributed by atoms with Crippen LogP contribution in [-0.4, -0.2) is 72.4 Å². The summed E-state index contributed by atoms with van der Waals surface area (Å²) in [5.74, 6) is 0.604. The summed E-state index contributed by atoms with van der Waals surface area (Å²) in [5, 5.41) is 9.39. The zero-order valence-electron chi connectivity index (χ0n) is 20.7. The van der Waals surface area contributed by atoms with Crippen molar-refractivity contribution in [2.45, 2.75) is 44.4 Å². The molecule has 0 saturated carbocycles. The van der Waals surface area contributed by atoms with Gasteiger partial charge in [-0.25, -0.2) is 9.97 Å². The maximum absolute atomic E-state index is 13.4. The van der Waals surface area contributed by atoms with Gasteiger partial charge in [0.25, 0.3) is 5.91 Å². The molecular formula is C27H32BrN5O3. The predicted octanol–water partition coefficient (Wildman–Crippen LogP) is 4.44. The number of carbonyl (C=O) groups is 1. The molecule has 8 nitrogen and oxygen atoms in total. The highest BCUT2D eigenvalue weighted by Crippen LogP contribution is 2.26. The van der Waals surface area contributed by atoms with Gasteiger partial charge in [-0.2, -0.15) is 0 Å². The summed E-state index contributed by atoms with van der Waals surface area (Å²) in [5.41, 5.74) is 2.12. The van der Waals surface area contributed by atoms with Crippen molar-refractivity contribution >= 4 is 44.1 Å². The molecule has 1 unspecified atom stereocenters. The molecule has 2 aliphatic rings. The number of ether oxygens (including phenoxy) is 2. The summed E-state index contributed by atoms with van der Waals surface area (Å²) in [6, 6.07) is 13.0. The van der Waals surface area contributed by atoms with E-state index in [1.807, 2.05) is 24.0 Å². The largest absolute Gasteiger partial charge is 0.379 e. The Morgan fingerprint density at radius 3 is 2.69 bits per heavy atom. The Bertz CT molecular complexity index is 1230. The number of halogens is 1. The summed E-state index contributed by atoms with van der Waals surface area (Å²) in [6.45, 7) is 4.69. The van der Waals surface area contributed by atoms with Gasteiger partial charge in [0.1, 0.15) is 17.8 Å². The van der Waals surface area contributed by atoms with Gasteiger partial charge < -0.3 is 25.0 Å². The van der Waals surface area contributed by atoms with Crippen LogP contribution in [0.4, 0.5) is 11.5 Å². The van der Waals surface area contributed by atoms with Gasteiger partial charge in [0.2, 0.25) is 0 Å². The van der Waals surface area contributed by atoms with Crippen LogP contribution in [0, 0.1) is 6.92 Å². The summed E-state index contributed by atoms with van der Waals surface area (Å²) in [6.07, 6.45) is 4.30. The molecule has 2 aliphatic heterocycles. The zero-order valence-corrected chi connectivity index (χ0v) is 22.3. The van der Waals surface area contributed by atoms with Gasteiger partial charge in [-0.05, 0) is 61.2 Å². The van der Waals surface area contributed by atoms with Crippen LogP contribution in [0.2, 0.25) is 0 Å². The molecule has 36 heavy (non-hydrogen) atoms. The molecule has 5 rings (SSSR count). The number of benzene rings is 2. The summed E-state index contributed by atoms with van der Waals surface area (Å²) in [4.78, 5) is 24.1. The van der Waals surface area contributed by atoms with Gasteiger partial charge in [-0.3, -0.25) is 4.79 Å². The minimum absolute atomic E-state index is 0.0411. The van der Waals surface area contributed by atoms with E-state index in [-0.39, 0.29) is 12.0 Å². The van der Waals surface area contributed by atoms with Crippen molar-refractivity contribution in [2.75, 3.05) is 38.7 Å². The third-order valence-electron chi connectivity index (χ3n) is 7.19. The zero-order chi connectivity index (χ0) is 25.1. The first-order valence-corrected chi connectivity index (χ1v) is 13.2. The van der Waals surface area contributed by atoms with E-state index in [9.17, 15) is 4.79 Å². The quantitative estimate of drug-likeness (QED) is 0.466. The van der Waals surface area contributed by atoms with Crippen LogP contribution in [-0.2, 0) is 9.47 Å². The van der Waals surface area contributed by atoms with Crippen molar-refractivity contribution in [3.8, 4) is 0 Å². The standard InChI is InChI=1S/C27H32BrN5O3/c1-17-25(27(34)33-10-7-21(8-11-33)31-23-9-12-36-15-24(23)35-2)29-16-30-26(17)32-22-6-4-18-13-20(28)5-3-19(18)14-22/h3-6,13-14,16,21,23-24,31H,7-12,15H2,1-2H3,(H,29,30,32)/t23?,24-/m1/s1. The molecule has 3 aromatic rings. The minimum Gasteiger partial charge on any atom is -0.379 e. The van der Waals surface area contributed by atoms with Gasteiger partial charge >= 0.3 is 0 Å². The van der Waals surface area contributed by atoms with Crippen molar-refractivity contribution in [3.63, 3.8) is 0 Å². The van der Waals surface area contributed by atoms with E-state index in [2.05, 4.69) is 60.8 Å². The predicted molar refractivity (Wildman–Crippen MR) is 144 cm³/mol. The number of rotatable bonds is 6. The molecule has 2 aromatic carbocycles. The molecule has 2 fully saturated rings. The Morgan fingerprint density at radius 1 is 1.11 bits per heavy atom. The van der Waals surface area contributed by atoms with Gasteiger partial charge in [0, 0.05) is 54.6 Å². The fourth-order valence-corrected chi connectivity index (χ4v) is 5.44. The van der Waals surface area contributed by atoms with Gasteiger partial charge in [0.05, 0.1) is 12.7 Å². The molecule has 9 heteroatoms. The number of hydrogen-bond donors (Lipinski definition) is 2. The number of carbonyl (C=O) groups excluding carboxylic acids is 1. The SMILES string of the molecule is CO[C@@H]1COCCC1NC1CCN(C(=O)c2ncnc(Nc3ccc4cc(Br)ccc4c3)c2C)CC1. The first-order chi connectivity index (χ1) is 17.5. The van der Waals surface area contributed by atoms with Crippen molar-refractivity contribution < 1.29 is 14.3 Å². The number of nitrogens with zero attached hydrogens (tertiary/aromatic N) is 3. The van der Waals surface area contributed by atoms with Crippen LogP contribution in [0.25, 0.3) is 10.8 Å². The Hall–Kier alpha value is -2.59. The summed E-state index contributed by atoms with van der Waals surface area (Å²) < 4.78 is 12.2. The van der Waals surface area contributed by atoms with Crippen molar-refractivity contribution in [1.82, 2.24) is 20.2 Å². The summed E-state index contributed by atoms with van der Waals surface area (Å²) >= 11 is 3.52. The maximum Gasteiger partial charge on any atom is 0.272 e. The first-order valence-electron chi connectivity index (χ1n) is 12.5. The van der Waals surface area contributed by atoms with Crippen LogP contribution >= 0.6 is 15.9 Å². The highest BCUT2D eigenvalue weighted by Gasteiger charge is 2.31. The van der Waals surface area contributed by atoms with E-state index in [4.69, 9.17) is 9.47 Å². The van der Waals surface area contributed by atoms with Crippen LogP contribution in [0.15, 0.2) is 47.2 Å². The number of methoxy groups -OCH3 is 1. The van der Waals surface area contributed by atoms with Crippen molar-refractivity contribution in [2.24, 2.45) is 0 Å². The number of fused-ring (bicyclic) bond motifs is 1. The fraction of sp³-hybridized carbons (Fsp3) is 0.444. The van der Waals surface area contributed by atoms with Crippen LogP contribution in [0.1, 0.15) is 35.3 Å². The third kappa shape index (κ3) is 5.54. The molecule has 0 spiro atoms. The molecule has 190 valence electrons. The number of nitrogens with one attached hydrogen (secondary N) is 2. The third-order valence-corrected chi connectivity index (χ3v) is 7.68. The minimum atomic E-state index is -0.0411. The number of amides is 1. The van der Waals surface area contributed by atoms with Gasteiger partial charge in [-0.1, -0.05) is 28.1 Å². The van der Waals surface area contributed by atoms with Crippen LogP contribution in [0.3, 0.4) is 0 Å². The lowest BCUT2D eigenvalue weighted by Gasteiger charge is -2.38. The van der Waals surface area contributed by atoms with E-state index < -0.39 is 0 Å². The number of piperidine rings is 1. The topological polar surface area (TPSA) is 88.6 Å². The molecule has 2 N–H and O–H groups in total. The number of hydrogen-bond acceptors (Lipinski definition) is 7. The Kier molecular flexibility index (Phi) is 7.81. The maximum atomic E-state index is 13.4. The van der Waals surface area contributed by atoms with Gasteiger partial charge in [-0.15, -0.1) is 0 Å². The highest BCUT2D eigenvalue weighted by molar-refractivity contribution is 9.10. The van der Waals surface area contributed by atoms with E-state index >= 15 is 0 Å². The molecule has 2 saturated heterocycles. The normalized spacial score (nSPS) is 21.0. The average molecular weight is 554 g/mol. The smallest absolute Gasteiger partial charge is 0.272 e. The van der Waals surface area contributed by atoms with Crippen LogP contribution < -0.4 is 10.6 Å². The molecule has 1 aromatic heterocycles. The van der Waals surface area contributed by atoms with E-state index in [1.54, 1.807) is 7.11 Å². The number of aromatic nitrogens is 2. The second kappa shape index (κ2) is 11.2. The van der Waals surface area contributed by atoms with E-state index in [0.29, 0.717) is 43.3 Å². The number of anilines is 2. The molecule has 2 atom stereocenters. The van der Waals surface area contributed by atoms with Crippen LogP contribution in [0.5, 0.6) is 0 Å². The average Bonchev–Trinajstić information content (AvgIpc) is 2.90. The second-order valence-corrected chi connectivity index (χ2v) is 10.4. The van der Waals surface area contributed by atoms with E-state index in [1.165, 1.54) is 6.33 Å². The molecule has 3 heterocycles. The van der Waals surface area contributed by atoms with Gasteiger partial charge in [0.15, 0.2) is 0 Å². The van der Waals surface area contributed by atoms with Crippen molar-refractivity contribution in [3.05, 3.63) is 58.5 Å². The monoisotopic (exact) mass is 553 g/mol. The lowest BCUT2D eigenvalue weighted by atomic mass is 9.99. The molecule has 0 bridgehead atoms. The summed E-state index contributed by atoms with van der Waals surface area (Å²) in [7, 11) is 1.74. The fourth-order valence-electron chi connectivity index (χ4n) is 5.06. The first kappa shape index (κ1) is 25.1. The Balaban J connectivity index is 1.23. The van der Waals surface area contributed by atoms with Crippen molar-refractivity contribution in [1.29, 1.82) is 0 Å². The molecule has 0 radical (unpaired) electrons. The Morgan fingerprint density at radius 2 is 1.89 bits per heavy atom. The van der Waals surface area contributed by atoms with E-state index in [0.717, 1.165) is 52.4 Å². The number of likely N-dealkylation sites (tertiary alicyclic amines) is 1. The molecular weight excluding hydrogens is 522 g/mol. The molecule has 0 aliphatic carbocycles. The highest BCUT2D eigenvalue weighted by atomic mass is 79.9.